The van der Waals surface area contributed by atoms with Crippen LogP contribution in [-0.4, -0.2) is 4.98 Å². The molecule has 3 aromatic carbocycles. The van der Waals surface area contributed by atoms with Crippen LogP contribution in [0.2, 0.25) is 0 Å². The molecule has 3 nitrogen and oxygen atoms in total. The molecule has 0 bridgehead atoms. The molecular weight excluding hydrogens is 327 g/mol. The fourth-order valence-corrected chi connectivity index (χ4v) is 5.18. The predicted octanol–water partition coefficient (Wildman–Crippen LogP) is 4.58. The van der Waals surface area contributed by atoms with Crippen molar-refractivity contribution in [2.75, 3.05) is 5.09 Å². The molecule has 4 aromatic rings. The van der Waals surface area contributed by atoms with Crippen molar-refractivity contribution in [3.8, 4) is 0 Å². The highest BCUT2D eigenvalue weighted by Gasteiger charge is 2.27. The molecule has 4 rings (SSSR count). The Morgan fingerprint density at radius 3 is 1.92 bits per heavy atom. The van der Waals surface area contributed by atoms with Crippen molar-refractivity contribution in [2.24, 2.45) is 0 Å². The maximum Gasteiger partial charge on any atom is 0.227 e. The summed E-state index contributed by atoms with van der Waals surface area (Å²) in [5, 5.41) is 5.88. The van der Waals surface area contributed by atoms with E-state index in [1.165, 1.54) is 0 Å². The van der Waals surface area contributed by atoms with Crippen LogP contribution in [0.3, 0.4) is 0 Å². The van der Waals surface area contributed by atoms with Crippen molar-refractivity contribution < 1.29 is 4.57 Å². The average molecular weight is 344 g/mol. The van der Waals surface area contributed by atoms with Gasteiger partial charge in [-0.05, 0) is 36.4 Å². The van der Waals surface area contributed by atoms with Gasteiger partial charge in [0.25, 0.3) is 0 Å². The van der Waals surface area contributed by atoms with Crippen LogP contribution in [-0.2, 0) is 4.57 Å². The Balaban J connectivity index is 1.89. The fourth-order valence-electron chi connectivity index (χ4n) is 2.92. The Morgan fingerprint density at radius 1 is 0.680 bits per heavy atom. The summed E-state index contributed by atoms with van der Waals surface area (Å²) >= 11 is 0. The third-order valence-electron chi connectivity index (χ3n) is 4.15. The highest BCUT2D eigenvalue weighted by molar-refractivity contribution is 7.80. The van der Waals surface area contributed by atoms with Gasteiger partial charge in [-0.2, -0.15) is 0 Å². The highest BCUT2D eigenvalue weighted by Crippen LogP contribution is 2.44. The van der Waals surface area contributed by atoms with Gasteiger partial charge in [-0.1, -0.05) is 54.6 Å². The molecule has 25 heavy (non-hydrogen) atoms. The summed E-state index contributed by atoms with van der Waals surface area (Å²) in [6, 6.07) is 28.9. The zero-order valence-corrected chi connectivity index (χ0v) is 14.4. The summed E-state index contributed by atoms with van der Waals surface area (Å²) in [7, 11) is -3.04. The minimum absolute atomic E-state index is 0.772. The lowest BCUT2D eigenvalue weighted by Gasteiger charge is -2.22. The van der Waals surface area contributed by atoms with Gasteiger partial charge in [0, 0.05) is 22.2 Å². The number of rotatable bonds is 4. The van der Waals surface area contributed by atoms with Gasteiger partial charge in [0.05, 0.1) is 11.2 Å². The monoisotopic (exact) mass is 344 g/mol. The van der Waals surface area contributed by atoms with Gasteiger partial charge in [0.15, 0.2) is 0 Å². The van der Waals surface area contributed by atoms with E-state index in [0.717, 1.165) is 27.2 Å². The molecule has 122 valence electrons. The van der Waals surface area contributed by atoms with Crippen LogP contribution in [0.25, 0.3) is 10.9 Å². The SMILES string of the molecule is O=P(Nc1cccc2cccnc12)(c1ccccc1)c1ccccc1. The van der Waals surface area contributed by atoms with Crippen LogP contribution in [0.1, 0.15) is 0 Å². The summed E-state index contributed by atoms with van der Waals surface area (Å²) < 4.78 is 14.1. The Labute approximate surface area is 146 Å². The molecule has 0 saturated carbocycles. The molecule has 0 spiro atoms. The van der Waals surface area contributed by atoms with E-state index in [0.29, 0.717) is 0 Å². The Hall–Kier alpha value is -2.90. The number of para-hydroxylation sites is 1. The summed E-state index contributed by atoms with van der Waals surface area (Å²) in [6.45, 7) is 0. The maximum atomic E-state index is 14.1. The van der Waals surface area contributed by atoms with Gasteiger partial charge in [-0.15, -0.1) is 0 Å². The normalized spacial score (nSPS) is 11.4. The third-order valence-corrected chi connectivity index (χ3v) is 6.76. The number of aromatic nitrogens is 1. The van der Waals surface area contributed by atoms with Crippen molar-refractivity contribution in [3.05, 3.63) is 97.2 Å². The Morgan fingerprint density at radius 2 is 1.28 bits per heavy atom. The molecule has 1 aromatic heterocycles. The smallest absolute Gasteiger partial charge is 0.227 e. The molecular formula is C21H17N2OP. The zero-order chi connectivity index (χ0) is 17.1. The van der Waals surface area contributed by atoms with Gasteiger partial charge < -0.3 is 5.09 Å². The quantitative estimate of drug-likeness (QED) is 0.551. The van der Waals surface area contributed by atoms with Gasteiger partial charge in [0.1, 0.15) is 0 Å². The highest BCUT2D eigenvalue weighted by atomic mass is 31.2. The van der Waals surface area contributed by atoms with E-state index in [-0.39, 0.29) is 0 Å². The number of fused-ring (bicyclic) bond motifs is 1. The number of hydrogen-bond acceptors (Lipinski definition) is 2. The van der Waals surface area contributed by atoms with Gasteiger partial charge in [-0.25, -0.2) is 0 Å². The minimum atomic E-state index is -3.04. The van der Waals surface area contributed by atoms with Crippen molar-refractivity contribution in [3.63, 3.8) is 0 Å². The molecule has 0 aliphatic rings. The molecule has 0 aliphatic heterocycles. The van der Waals surface area contributed by atoms with E-state index in [9.17, 15) is 4.57 Å². The number of nitrogens with one attached hydrogen (secondary N) is 1. The molecule has 0 amide bonds. The standard InChI is InChI=1S/C21H17N2OP/c24-25(18-11-3-1-4-12-18,19-13-5-2-6-14-19)23-20-15-7-9-17-10-8-16-22-21(17)20/h1-16H,(H,23,24). The van der Waals surface area contributed by atoms with Gasteiger partial charge >= 0.3 is 0 Å². The number of anilines is 1. The fraction of sp³-hybridized carbons (Fsp3) is 0. The first kappa shape index (κ1) is 15.6. The van der Waals surface area contributed by atoms with E-state index >= 15 is 0 Å². The van der Waals surface area contributed by atoms with Crippen molar-refractivity contribution in [1.29, 1.82) is 0 Å². The molecule has 0 unspecified atom stereocenters. The Kier molecular flexibility index (Phi) is 4.09. The maximum absolute atomic E-state index is 14.1. The van der Waals surface area contributed by atoms with E-state index in [4.69, 9.17) is 0 Å². The lowest BCUT2D eigenvalue weighted by molar-refractivity contribution is 0.590. The van der Waals surface area contributed by atoms with Crippen LogP contribution < -0.4 is 15.7 Å². The second-order valence-electron chi connectivity index (χ2n) is 5.77. The molecule has 0 fully saturated rings. The summed E-state index contributed by atoms with van der Waals surface area (Å²) in [5.41, 5.74) is 1.59. The largest absolute Gasteiger partial charge is 0.328 e. The van der Waals surface area contributed by atoms with Crippen molar-refractivity contribution in [2.45, 2.75) is 0 Å². The van der Waals surface area contributed by atoms with E-state index < -0.39 is 7.29 Å². The van der Waals surface area contributed by atoms with Crippen LogP contribution in [0.4, 0.5) is 5.69 Å². The first-order valence-electron chi connectivity index (χ1n) is 8.11. The molecule has 1 N–H and O–H groups in total. The molecule has 0 saturated heterocycles. The first-order chi connectivity index (χ1) is 12.3. The number of pyridine rings is 1. The third kappa shape index (κ3) is 2.95. The molecule has 0 atom stereocenters. The van der Waals surface area contributed by atoms with Crippen molar-refractivity contribution >= 4 is 34.5 Å². The zero-order valence-electron chi connectivity index (χ0n) is 13.5. The summed E-state index contributed by atoms with van der Waals surface area (Å²) in [4.78, 5) is 4.47. The van der Waals surface area contributed by atoms with E-state index in [1.54, 1.807) is 6.20 Å². The summed E-state index contributed by atoms with van der Waals surface area (Å²) in [6.07, 6.45) is 1.75. The van der Waals surface area contributed by atoms with Crippen LogP contribution in [0.15, 0.2) is 97.2 Å². The second-order valence-corrected chi connectivity index (χ2v) is 8.25. The summed E-state index contributed by atoms with van der Waals surface area (Å²) in [5.74, 6) is 0. The molecule has 1 heterocycles. The van der Waals surface area contributed by atoms with Gasteiger partial charge in [0.2, 0.25) is 7.29 Å². The minimum Gasteiger partial charge on any atom is -0.328 e. The topological polar surface area (TPSA) is 42.0 Å². The second kappa shape index (κ2) is 6.54. The molecule has 0 radical (unpaired) electrons. The first-order valence-corrected chi connectivity index (χ1v) is 9.81. The molecule has 4 heteroatoms. The average Bonchev–Trinajstić information content (AvgIpc) is 2.69. The van der Waals surface area contributed by atoms with E-state index in [1.807, 2.05) is 91.0 Å². The van der Waals surface area contributed by atoms with Crippen LogP contribution >= 0.6 is 7.29 Å². The Bertz CT molecular complexity index is 1000. The number of nitrogens with zero attached hydrogens (tertiary/aromatic N) is 1. The molecule has 0 aliphatic carbocycles. The predicted molar refractivity (Wildman–Crippen MR) is 105 cm³/mol. The van der Waals surface area contributed by atoms with Crippen LogP contribution in [0.5, 0.6) is 0 Å². The number of benzene rings is 3. The number of hydrogen-bond donors (Lipinski definition) is 1. The van der Waals surface area contributed by atoms with Crippen molar-refractivity contribution in [1.82, 2.24) is 4.98 Å². The lowest BCUT2D eigenvalue weighted by atomic mass is 10.2. The van der Waals surface area contributed by atoms with Crippen LogP contribution in [0, 0.1) is 0 Å². The van der Waals surface area contributed by atoms with E-state index in [2.05, 4.69) is 10.1 Å². The van der Waals surface area contributed by atoms with Gasteiger partial charge in [-0.3, -0.25) is 9.55 Å². The lowest BCUT2D eigenvalue weighted by Crippen LogP contribution is -2.21.